The summed E-state index contributed by atoms with van der Waals surface area (Å²) in [6.45, 7) is 3.10. The number of fused-ring (bicyclic) bond motifs is 4. The Hall–Kier alpha value is -2.37. The summed E-state index contributed by atoms with van der Waals surface area (Å²) in [5.41, 5.74) is 2.13. The van der Waals surface area contributed by atoms with E-state index in [2.05, 4.69) is 0 Å². The molecule has 0 N–H and O–H groups in total. The van der Waals surface area contributed by atoms with Crippen LogP contribution in [0.5, 0.6) is 0 Å². The van der Waals surface area contributed by atoms with E-state index in [9.17, 15) is 14.4 Å². The van der Waals surface area contributed by atoms with Gasteiger partial charge in [0.05, 0.1) is 12.3 Å². The Bertz CT molecular complexity index is 716. The first-order valence-electron chi connectivity index (χ1n) is 9.19. The number of hydrogen-bond donors (Lipinski definition) is 0. The van der Waals surface area contributed by atoms with E-state index < -0.39 is 0 Å². The van der Waals surface area contributed by atoms with Crippen LogP contribution in [0.1, 0.15) is 24.0 Å². The van der Waals surface area contributed by atoms with Crippen molar-refractivity contribution in [3.8, 4) is 0 Å². The molecule has 3 heterocycles. The number of aryl methyl sites for hydroxylation is 1. The molecule has 1 aromatic rings. The van der Waals surface area contributed by atoms with Gasteiger partial charge in [-0.1, -0.05) is 24.3 Å². The van der Waals surface area contributed by atoms with E-state index >= 15 is 0 Å². The number of carbonyl (C=O) groups excluding carboxylic acids is 3. The summed E-state index contributed by atoms with van der Waals surface area (Å²) in [5.74, 6) is -0.194. The van der Waals surface area contributed by atoms with Gasteiger partial charge < -0.3 is 14.7 Å². The smallest absolute Gasteiger partial charge is 0.241 e. The summed E-state index contributed by atoms with van der Waals surface area (Å²) in [6.07, 6.45) is 2.01. The summed E-state index contributed by atoms with van der Waals surface area (Å²) < 4.78 is 0. The number of piperidine rings is 1. The van der Waals surface area contributed by atoms with Crippen LogP contribution in [0.15, 0.2) is 24.3 Å². The van der Waals surface area contributed by atoms with Crippen LogP contribution in [0.25, 0.3) is 0 Å². The van der Waals surface area contributed by atoms with Crippen molar-refractivity contribution < 1.29 is 14.4 Å². The topological polar surface area (TPSA) is 60.9 Å². The second-order valence-corrected chi connectivity index (χ2v) is 7.58. The van der Waals surface area contributed by atoms with Crippen molar-refractivity contribution in [1.82, 2.24) is 14.7 Å². The van der Waals surface area contributed by atoms with Gasteiger partial charge in [0.15, 0.2) is 0 Å². The number of benzene rings is 1. The molecule has 4 rings (SSSR count). The van der Waals surface area contributed by atoms with Crippen LogP contribution in [-0.4, -0.2) is 72.2 Å². The second-order valence-electron chi connectivity index (χ2n) is 7.58. The minimum absolute atomic E-state index is 0.0163. The van der Waals surface area contributed by atoms with Crippen molar-refractivity contribution in [2.24, 2.45) is 5.92 Å². The molecule has 3 amide bonds. The Morgan fingerprint density at radius 1 is 1.15 bits per heavy atom. The minimum atomic E-state index is -0.190. The van der Waals surface area contributed by atoms with E-state index in [-0.39, 0.29) is 36.2 Å². The number of nitrogens with zero attached hydrogens (tertiary/aromatic N) is 3. The van der Waals surface area contributed by atoms with Crippen molar-refractivity contribution in [1.29, 1.82) is 0 Å². The van der Waals surface area contributed by atoms with Crippen molar-refractivity contribution >= 4 is 17.7 Å². The molecule has 6 heteroatoms. The van der Waals surface area contributed by atoms with Gasteiger partial charge in [-0.25, -0.2) is 0 Å². The fourth-order valence-corrected chi connectivity index (χ4v) is 3.82. The molecule has 140 valence electrons. The fourth-order valence-electron chi connectivity index (χ4n) is 3.82. The molecule has 3 saturated heterocycles. The lowest BCUT2D eigenvalue weighted by atomic mass is 9.94. The lowest BCUT2D eigenvalue weighted by molar-refractivity contribution is -0.145. The van der Waals surface area contributed by atoms with Gasteiger partial charge in [-0.15, -0.1) is 0 Å². The van der Waals surface area contributed by atoms with Crippen LogP contribution in [0.4, 0.5) is 0 Å². The first-order chi connectivity index (χ1) is 12.4. The molecule has 2 bridgehead atoms. The Labute approximate surface area is 154 Å². The highest BCUT2D eigenvalue weighted by Gasteiger charge is 2.42. The standard InChI is InChI=1S/C20H27N3O3/c1-14-6-4-5-7-15(14)10-18(24)22-11-16-8-9-17(12-22)23(20(16)26)13-19(25)21(2)3/h4-7,16-17H,8-13H2,1-3H3/t16-,17+/m1/s1. The summed E-state index contributed by atoms with van der Waals surface area (Å²) >= 11 is 0. The minimum Gasteiger partial charge on any atom is -0.347 e. The molecule has 0 spiro atoms. The molecule has 1 aromatic carbocycles. The van der Waals surface area contributed by atoms with Crippen molar-refractivity contribution in [3.63, 3.8) is 0 Å². The maximum absolute atomic E-state index is 12.9. The lowest BCUT2D eigenvalue weighted by Crippen LogP contribution is -2.51. The van der Waals surface area contributed by atoms with Gasteiger partial charge >= 0.3 is 0 Å². The zero-order chi connectivity index (χ0) is 18.8. The van der Waals surface area contributed by atoms with Crippen LogP contribution in [0, 0.1) is 12.8 Å². The highest BCUT2D eigenvalue weighted by molar-refractivity contribution is 5.88. The molecule has 0 aliphatic carbocycles. The average molecular weight is 357 g/mol. The summed E-state index contributed by atoms with van der Waals surface area (Å²) in [6, 6.07) is 7.83. The fraction of sp³-hybridized carbons (Fsp3) is 0.550. The zero-order valence-corrected chi connectivity index (χ0v) is 15.8. The molecular formula is C20H27N3O3. The third-order valence-corrected chi connectivity index (χ3v) is 5.55. The van der Waals surface area contributed by atoms with Gasteiger partial charge in [-0.3, -0.25) is 14.4 Å². The Morgan fingerprint density at radius 3 is 2.58 bits per heavy atom. The Kier molecular flexibility index (Phi) is 5.30. The van der Waals surface area contributed by atoms with E-state index in [1.165, 1.54) is 4.90 Å². The molecule has 0 aromatic heterocycles. The molecule has 0 radical (unpaired) electrons. The SMILES string of the molecule is Cc1ccccc1CC(=O)N1C[C@H]2CC[C@@H](C1)N(CC(=O)N(C)C)C2=O. The van der Waals surface area contributed by atoms with E-state index in [1.807, 2.05) is 36.1 Å². The number of rotatable bonds is 4. The predicted molar refractivity (Wildman–Crippen MR) is 98.4 cm³/mol. The van der Waals surface area contributed by atoms with Gasteiger partial charge in [0.2, 0.25) is 17.7 Å². The van der Waals surface area contributed by atoms with Crippen molar-refractivity contribution in [2.45, 2.75) is 32.2 Å². The molecule has 2 atom stereocenters. The van der Waals surface area contributed by atoms with Crippen LogP contribution in [0.3, 0.4) is 0 Å². The monoisotopic (exact) mass is 357 g/mol. The van der Waals surface area contributed by atoms with Crippen LogP contribution in [0.2, 0.25) is 0 Å². The third kappa shape index (κ3) is 3.74. The Morgan fingerprint density at radius 2 is 1.88 bits per heavy atom. The molecular weight excluding hydrogens is 330 g/mol. The van der Waals surface area contributed by atoms with E-state index in [0.717, 1.165) is 24.0 Å². The van der Waals surface area contributed by atoms with E-state index in [4.69, 9.17) is 0 Å². The molecule has 26 heavy (non-hydrogen) atoms. The maximum Gasteiger partial charge on any atom is 0.241 e. The second kappa shape index (κ2) is 7.48. The molecule has 6 nitrogen and oxygen atoms in total. The molecule has 0 saturated carbocycles. The number of amides is 3. The van der Waals surface area contributed by atoms with Crippen molar-refractivity contribution in [3.05, 3.63) is 35.4 Å². The number of likely N-dealkylation sites (N-methyl/N-ethyl adjacent to an activating group) is 1. The Balaban J connectivity index is 1.72. The van der Waals surface area contributed by atoms with Gasteiger partial charge in [-0.2, -0.15) is 0 Å². The highest BCUT2D eigenvalue weighted by Crippen LogP contribution is 2.29. The largest absolute Gasteiger partial charge is 0.347 e. The van der Waals surface area contributed by atoms with Gasteiger partial charge in [0, 0.05) is 33.2 Å². The van der Waals surface area contributed by atoms with Gasteiger partial charge in [-0.05, 0) is 30.9 Å². The van der Waals surface area contributed by atoms with Gasteiger partial charge in [0.25, 0.3) is 0 Å². The molecule has 3 aliphatic rings. The first kappa shape index (κ1) is 18.4. The average Bonchev–Trinajstić information content (AvgIpc) is 2.89. The number of carbonyl (C=O) groups is 3. The zero-order valence-electron chi connectivity index (χ0n) is 15.8. The maximum atomic E-state index is 12.9. The lowest BCUT2D eigenvalue weighted by Gasteiger charge is -2.35. The van der Waals surface area contributed by atoms with Crippen LogP contribution >= 0.6 is 0 Å². The molecule has 0 unspecified atom stereocenters. The first-order valence-corrected chi connectivity index (χ1v) is 9.19. The van der Waals surface area contributed by atoms with Crippen molar-refractivity contribution in [2.75, 3.05) is 33.7 Å². The summed E-state index contributed by atoms with van der Waals surface area (Å²) in [5, 5.41) is 0. The summed E-state index contributed by atoms with van der Waals surface area (Å²) in [7, 11) is 3.39. The summed E-state index contributed by atoms with van der Waals surface area (Å²) in [4.78, 5) is 42.7. The van der Waals surface area contributed by atoms with E-state index in [0.29, 0.717) is 19.5 Å². The molecule has 3 aliphatic heterocycles. The van der Waals surface area contributed by atoms with E-state index in [1.54, 1.807) is 19.0 Å². The van der Waals surface area contributed by atoms with Gasteiger partial charge in [0.1, 0.15) is 6.54 Å². The van der Waals surface area contributed by atoms with Crippen LogP contribution < -0.4 is 0 Å². The van der Waals surface area contributed by atoms with Crippen LogP contribution in [-0.2, 0) is 20.8 Å². The molecule has 3 fully saturated rings. The normalized spacial score (nSPS) is 22.3. The third-order valence-electron chi connectivity index (χ3n) is 5.55. The predicted octanol–water partition coefficient (Wildman–Crippen LogP) is 1.08. The number of hydrogen-bond acceptors (Lipinski definition) is 3. The quantitative estimate of drug-likeness (QED) is 0.810. The highest BCUT2D eigenvalue weighted by atomic mass is 16.2.